The molecule has 0 aromatic rings. The summed E-state index contributed by atoms with van der Waals surface area (Å²) in [7, 11) is 3.63. The molecule has 0 unspecified atom stereocenters. The van der Waals surface area contributed by atoms with Crippen molar-refractivity contribution in [2.45, 2.75) is 44.2 Å². The Hall–Kier alpha value is -0.810. The van der Waals surface area contributed by atoms with Crippen LogP contribution in [0.25, 0.3) is 0 Å². The van der Waals surface area contributed by atoms with E-state index in [0.717, 1.165) is 32.2 Å². The van der Waals surface area contributed by atoms with Gasteiger partial charge in [0.05, 0.1) is 6.61 Å². The molecule has 2 rings (SSSR count). The molecule has 0 bridgehead atoms. The van der Waals surface area contributed by atoms with Gasteiger partial charge in [-0.2, -0.15) is 0 Å². The van der Waals surface area contributed by atoms with E-state index in [1.165, 1.54) is 32.1 Å². The summed E-state index contributed by atoms with van der Waals surface area (Å²) in [5.41, 5.74) is 0. The third-order valence-corrected chi connectivity index (χ3v) is 4.21. The molecule has 1 saturated heterocycles. The Morgan fingerprint density at radius 3 is 2.26 bits per heavy atom. The van der Waals surface area contributed by atoms with Crippen molar-refractivity contribution < 1.29 is 4.74 Å². The molecular formula is C14H28N4O. The Kier molecular flexibility index (Phi) is 5.92. The monoisotopic (exact) mass is 268 g/mol. The van der Waals surface area contributed by atoms with Crippen LogP contribution in [0, 0.1) is 0 Å². The van der Waals surface area contributed by atoms with E-state index in [1.54, 1.807) is 7.11 Å². The van der Waals surface area contributed by atoms with Crippen molar-refractivity contribution in [1.82, 2.24) is 15.5 Å². The molecule has 1 aliphatic carbocycles. The Morgan fingerprint density at radius 2 is 1.79 bits per heavy atom. The highest BCUT2D eigenvalue weighted by Crippen LogP contribution is 2.18. The highest BCUT2D eigenvalue weighted by molar-refractivity contribution is 5.80. The lowest BCUT2D eigenvalue weighted by molar-refractivity contribution is 0.128. The lowest BCUT2D eigenvalue weighted by atomic mass is 9.93. The van der Waals surface area contributed by atoms with Gasteiger partial charge in [0.15, 0.2) is 5.96 Å². The molecule has 0 spiro atoms. The first-order valence-corrected chi connectivity index (χ1v) is 7.53. The van der Waals surface area contributed by atoms with Gasteiger partial charge in [-0.15, -0.1) is 0 Å². The second-order valence-electron chi connectivity index (χ2n) is 5.60. The molecule has 2 N–H and O–H groups in total. The van der Waals surface area contributed by atoms with Crippen LogP contribution >= 0.6 is 0 Å². The number of hydrogen-bond donors (Lipinski definition) is 2. The quantitative estimate of drug-likeness (QED) is 0.572. The number of ether oxygens (including phenoxy) is 1. The number of nitrogens with zero attached hydrogens (tertiary/aromatic N) is 2. The molecule has 1 heterocycles. The van der Waals surface area contributed by atoms with E-state index in [2.05, 4.69) is 20.5 Å². The molecule has 1 saturated carbocycles. The van der Waals surface area contributed by atoms with Crippen molar-refractivity contribution in [3.63, 3.8) is 0 Å². The van der Waals surface area contributed by atoms with E-state index in [1.807, 2.05) is 7.05 Å². The Labute approximate surface area is 116 Å². The van der Waals surface area contributed by atoms with Crippen LogP contribution in [0.15, 0.2) is 4.99 Å². The first-order valence-electron chi connectivity index (χ1n) is 7.53. The van der Waals surface area contributed by atoms with Gasteiger partial charge < -0.3 is 20.3 Å². The van der Waals surface area contributed by atoms with Crippen LogP contribution in [0.3, 0.4) is 0 Å². The number of rotatable bonds is 5. The largest absolute Gasteiger partial charge is 0.383 e. The Bertz CT molecular complexity index is 283. The van der Waals surface area contributed by atoms with Crippen LogP contribution in [0.5, 0.6) is 0 Å². The zero-order valence-electron chi connectivity index (χ0n) is 12.3. The number of guanidine groups is 1. The molecule has 0 atom stereocenters. The minimum Gasteiger partial charge on any atom is -0.383 e. The predicted molar refractivity (Wildman–Crippen MR) is 78.6 cm³/mol. The second kappa shape index (κ2) is 7.70. The van der Waals surface area contributed by atoms with Gasteiger partial charge in [0, 0.05) is 45.9 Å². The Balaban J connectivity index is 1.65. The van der Waals surface area contributed by atoms with Crippen LogP contribution in [-0.2, 0) is 4.74 Å². The third kappa shape index (κ3) is 4.66. The summed E-state index contributed by atoms with van der Waals surface area (Å²) in [5, 5.41) is 7.06. The molecule has 5 nitrogen and oxygen atoms in total. The molecule has 19 heavy (non-hydrogen) atoms. The molecule has 0 amide bonds. The van der Waals surface area contributed by atoms with Crippen LogP contribution < -0.4 is 10.6 Å². The zero-order valence-corrected chi connectivity index (χ0v) is 12.3. The topological polar surface area (TPSA) is 48.9 Å². The standard InChI is InChI=1S/C14H28N4O/c1-15-14(16-12-4-3-5-12)17-13-6-8-18(9-7-13)10-11-19-2/h12-13H,3-11H2,1-2H3,(H2,15,16,17). The number of aliphatic imine (C=N–C) groups is 1. The van der Waals surface area contributed by atoms with Gasteiger partial charge in [-0.25, -0.2) is 0 Å². The van der Waals surface area contributed by atoms with Crippen LogP contribution in [0.4, 0.5) is 0 Å². The van der Waals surface area contributed by atoms with Crippen molar-refractivity contribution in [1.29, 1.82) is 0 Å². The summed E-state index contributed by atoms with van der Waals surface area (Å²) in [5.74, 6) is 0.986. The van der Waals surface area contributed by atoms with Gasteiger partial charge >= 0.3 is 0 Å². The summed E-state index contributed by atoms with van der Waals surface area (Å²) < 4.78 is 5.13. The molecule has 0 aromatic carbocycles. The van der Waals surface area contributed by atoms with Crippen LogP contribution in [0.2, 0.25) is 0 Å². The fraction of sp³-hybridized carbons (Fsp3) is 0.929. The van der Waals surface area contributed by atoms with Crippen molar-refractivity contribution >= 4 is 5.96 Å². The van der Waals surface area contributed by atoms with Crippen molar-refractivity contribution in [2.24, 2.45) is 4.99 Å². The average molecular weight is 268 g/mol. The summed E-state index contributed by atoms with van der Waals surface area (Å²) >= 11 is 0. The number of piperidine rings is 1. The average Bonchev–Trinajstić information content (AvgIpc) is 2.40. The lowest BCUT2D eigenvalue weighted by Crippen LogP contribution is -2.52. The Morgan fingerprint density at radius 1 is 1.16 bits per heavy atom. The van der Waals surface area contributed by atoms with Crippen molar-refractivity contribution in [3.8, 4) is 0 Å². The van der Waals surface area contributed by atoms with Gasteiger partial charge in [0.2, 0.25) is 0 Å². The second-order valence-corrected chi connectivity index (χ2v) is 5.60. The molecule has 0 radical (unpaired) electrons. The predicted octanol–water partition coefficient (Wildman–Crippen LogP) is 0.815. The summed E-state index contributed by atoms with van der Waals surface area (Å²) in [6.45, 7) is 4.20. The van der Waals surface area contributed by atoms with Gasteiger partial charge in [-0.05, 0) is 32.1 Å². The first-order chi connectivity index (χ1) is 9.31. The SMILES string of the molecule is CN=C(NC1CCC1)NC1CCN(CCOC)CC1. The van der Waals surface area contributed by atoms with Crippen LogP contribution in [-0.4, -0.2) is 63.3 Å². The number of hydrogen-bond acceptors (Lipinski definition) is 3. The third-order valence-electron chi connectivity index (χ3n) is 4.21. The van der Waals surface area contributed by atoms with Crippen molar-refractivity contribution in [3.05, 3.63) is 0 Å². The van der Waals surface area contributed by atoms with Gasteiger partial charge in [0.25, 0.3) is 0 Å². The van der Waals surface area contributed by atoms with Gasteiger partial charge in [-0.3, -0.25) is 4.99 Å². The van der Waals surface area contributed by atoms with E-state index in [4.69, 9.17) is 4.74 Å². The fourth-order valence-electron chi connectivity index (χ4n) is 2.63. The molecule has 2 fully saturated rings. The molecule has 1 aliphatic heterocycles. The van der Waals surface area contributed by atoms with Gasteiger partial charge in [0.1, 0.15) is 0 Å². The van der Waals surface area contributed by atoms with Crippen molar-refractivity contribution in [2.75, 3.05) is 40.4 Å². The zero-order chi connectivity index (χ0) is 13.5. The summed E-state index contributed by atoms with van der Waals surface area (Å²) in [6, 6.07) is 1.21. The maximum absolute atomic E-state index is 5.13. The van der Waals surface area contributed by atoms with E-state index in [-0.39, 0.29) is 0 Å². The molecule has 0 aromatic heterocycles. The minimum atomic E-state index is 0.560. The number of likely N-dealkylation sites (tertiary alicyclic amines) is 1. The maximum atomic E-state index is 5.13. The molecule has 2 aliphatic rings. The van der Waals surface area contributed by atoms with E-state index < -0.39 is 0 Å². The van der Waals surface area contributed by atoms with Crippen LogP contribution in [0.1, 0.15) is 32.1 Å². The highest BCUT2D eigenvalue weighted by Gasteiger charge is 2.22. The molecule has 110 valence electrons. The molecule has 5 heteroatoms. The molecular weight excluding hydrogens is 240 g/mol. The summed E-state index contributed by atoms with van der Waals surface area (Å²) in [4.78, 5) is 6.81. The van der Waals surface area contributed by atoms with E-state index in [9.17, 15) is 0 Å². The normalized spacial score (nSPS) is 23.2. The maximum Gasteiger partial charge on any atom is 0.191 e. The van der Waals surface area contributed by atoms with E-state index in [0.29, 0.717) is 12.1 Å². The summed E-state index contributed by atoms with van der Waals surface area (Å²) in [6.07, 6.45) is 6.31. The fourth-order valence-corrected chi connectivity index (χ4v) is 2.63. The first kappa shape index (κ1) is 14.6. The highest BCUT2D eigenvalue weighted by atomic mass is 16.5. The minimum absolute atomic E-state index is 0.560. The smallest absolute Gasteiger partial charge is 0.191 e. The van der Waals surface area contributed by atoms with E-state index >= 15 is 0 Å². The lowest BCUT2D eigenvalue weighted by Gasteiger charge is -2.34. The number of methoxy groups -OCH3 is 1. The van der Waals surface area contributed by atoms with Gasteiger partial charge in [-0.1, -0.05) is 0 Å². The number of nitrogens with one attached hydrogen (secondary N) is 2.